The highest BCUT2D eigenvalue weighted by Crippen LogP contribution is 2.37. The highest BCUT2D eigenvalue weighted by molar-refractivity contribution is 5.86. The van der Waals surface area contributed by atoms with Crippen LogP contribution >= 0.6 is 0 Å². The van der Waals surface area contributed by atoms with Gasteiger partial charge in [0.05, 0.1) is 18.4 Å². The van der Waals surface area contributed by atoms with Crippen LogP contribution in [0.1, 0.15) is 52.8 Å². The topological polar surface area (TPSA) is 78.5 Å². The normalized spacial score (nSPS) is 13.7. The molecular formula is C24H32N2O3. The van der Waals surface area contributed by atoms with E-state index in [1.54, 1.807) is 0 Å². The van der Waals surface area contributed by atoms with E-state index in [2.05, 4.69) is 82.3 Å². The van der Waals surface area contributed by atoms with Crippen molar-refractivity contribution in [1.82, 2.24) is 5.16 Å². The fourth-order valence-corrected chi connectivity index (χ4v) is 3.47. The highest BCUT2D eigenvalue weighted by atomic mass is 16.5. The summed E-state index contributed by atoms with van der Waals surface area (Å²) in [5.41, 5.74) is 5.95. The van der Waals surface area contributed by atoms with Crippen LogP contribution in [-0.2, 0) is 10.8 Å². The van der Waals surface area contributed by atoms with Gasteiger partial charge in [0.15, 0.2) is 5.58 Å². The summed E-state index contributed by atoms with van der Waals surface area (Å²) in [4.78, 5) is 0. The number of nitrogens with zero attached hydrogens (tertiary/aromatic N) is 1. The number of aliphatic hydroxyl groups is 2. The summed E-state index contributed by atoms with van der Waals surface area (Å²) in [6.07, 6.45) is -0.779. The van der Waals surface area contributed by atoms with Gasteiger partial charge in [-0.05, 0) is 46.4 Å². The first-order valence-electron chi connectivity index (χ1n) is 10.1. The predicted molar refractivity (Wildman–Crippen MR) is 118 cm³/mol. The van der Waals surface area contributed by atoms with E-state index >= 15 is 0 Å². The summed E-state index contributed by atoms with van der Waals surface area (Å²) in [5, 5.41) is 27.2. The molecule has 29 heavy (non-hydrogen) atoms. The largest absolute Gasteiger partial charge is 0.394 e. The summed E-state index contributed by atoms with van der Waals surface area (Å²) in [5.74, 6) is 0. The molecular weight excluding hydrogens is 364 g/mol. The smallest absolute Gasteiger partial charge is 0.167 e. The van der Waals surface area contributed by atoms with Crippen LogP contribution in [0.25, 0.3) is 22.1 Å². The van der Waals surface area contributed by atoms with E-state index in [4.69, 9.17) is 9.63 Å². The fourth-order valence-electron chi connectivity index (χ4n) is 3.47. The van der Waals surface area contributed by atoms with Crippen LogP contribution in [0.2, 0.25) is 0 Å². The monoisotopic (exact) mass is 396 g/mol. The molecule has 1 heterocycles. The number of nitrogens with one attached hydrogen (secondary N) is 1. The van der Waals surface area contributed by atoms with Gasteiger partial charge in [-0.15, -0.1) is 0 Å². The molecule has 5 heteroatoms. The van der Waals surface area contributed by atoms with Crippen LogP contribution in [0.5, 0.6) is 0 Å². The van der Waals surface area contributed by atoms with Gasteiger partial charge in [-0.25, -0.2) is 0 Å². The van der Waals surface area contributed by atoms with E-state index in [0.29, 0.717) is 6.54 Å². The maximum atomic E-state index is 9.61. The number of anilines is 1. The van der Waals surface area contributed by atoms with Gasteiger partial charge < -0.3 is 20.1 Å². The molecule has 1 unspecified atom stereocenters. The van der Waals surface area contributed by atoms with Crippen molar-refractivity contribution in [2.45, 2.75) is 58.5 Å². The summed E-state index contributed by atoms with van der Waals surface area (Å²) >= 11 is 0. The van der Waals surface area contributed by atoms with Crippen molar-refractivity contribution in [1.29, 1.82) is 0 Å². The van der Waals surface area contributed by atoms with Gasteiger partial charge in [-0.3, -0.25) is 0 Å². The second-order valence-corrected chi connectivity index (χ2v) is 9.72. The average Bonchev–Trinajstić information content (AvgIpc) is 3.08. The van der Waals surface area contributed by atoms with Crippen LogP contribution in [0.3, 0.4) is 0 Å². The van der Waals surface area contributed by atoms with E-state index < -0.39 is 6.10 Å². The van der Waals surface area contributed by atoms with Crippen LogP contribution in [0.15, 0.2) is 40.9 Å². The molecule has 0 saturated heterocycles. The van der Waals surface area contributed by atoms with E-state index in [1.807, 2.05) is 6.07 Å². The second-order valence-electron chi connectivity index (χ2n) is 9.72. The Morgan fingerprint density at radius 2 is 1.72 bits per heavy atom. The lowest BCUT2D eigenvalue weighted by atomic mass is 9.81. The van der Waals surface area contributed by atoms with Crippen LogP contribution in [0, 0.1) is 0 Å². The zero-order valence-corrected chi connectivity index (χ0v) is 18.2. The van der Waals surface area contributed by atoms with Gasteiger partial charge in [-0.1, -0.05) is 58.8 Å². The molecule has 5 nitrogen and oxygen atoms in total. The molecule has 0 radical (unpaired) electrons. The highest BCUT2D eigenvalue weighted by Gasteiger charge is 2.23. The molecule has 0 aliphatic rings. The number of hydrogen-bond donors (Lipinski definition) is 3. The Morgan fingerprint density at radius 1 is 1.00 bits per heavy atom. The van der Waals surface area contributed by atoms with Gasteiger partial charge >= 0.3 is 0 Å². The minimum Gasteiger partial charge on any atom is -0.394 e. The Bertz CT molecular complexity index is 994. The van der Waals surface area contributed by atoms with Crippen molar-refractivity contribution in [3.05, 3.63) is 47.7 Å². The summed E-state index contributed by atoms with van der Waals surface area (Å²) in [6.45, 7) is 13.0. The van der Waals surface area contributed by atoms with Gasteiger partial charge in [-0.2, -0.15) is 0 Å². The van der Waals surface area contributed by atoms with Crippen LogP contribution in [0.4, 0.5) is 5.69 Å². The number of hydrogen-bond acceptors (Lipinski definition) is 5. The molecule has 3 N–H and O–H groups in total. The molecule has 0 aliphatic heterocycles. The molecule has 3 aromatic rings. The van der Waals surface area contributed by atoms with E-state index in [0.717, 1.165) is 33.5 Å². The van der Waals surface area contributed by atoms with Gasteiger partial charge in [0, 0.05) is 23.0 Å². The Balaban J connectivity index is 2.03. The molecule has 0 spiro atoms. The third kappa shape index (κ3) is 4.62. The number of aromatic nitrogens is 1. The van der Waals surface area contributed by atoms with Gasteiger partial charge in [0.25, 0.3) is 0 Å². The predicted octanol–water partition coefficient (Wildman–Crippen LogP) is 4.85. The standard InChI is InChI=1S/C24H32N2O3/c1-23(2,3)20-12-16(25-13-17(28)14-27)8-10-18(20)15-7-9-19-21(11-15)29-26-22(19)24(4,5)6/h7-12,17,25,27-28H,13-14H2,1-6H3. The second kappa shape index (κ2) is 7.81. The van der Waals surface area contributed by atoms with Crippen LogP contribution in [-0.4, -0.2) is 34.6 Å². The fraction of sp³-hybridized carbons (Fsp3) is 0.458. The van der Waals surface area contributed by atoms with Crippen molar-refractivity contribution in [3.63, 3.8) is 0 Å². The lowest BCUT2D eigenvalue weighted by Gasteiger charge is -2.24. The first-order valence-corrected chi connectivity index (χ1v) is 10.1. The summed E-state index contributed by atoms with van der Waals surface area (Å²) in [6, 6.07) is 12.5. The number of aliphatic hydroxyl groups excluding tert-OH is 2. The lowest BCUT2D eigenvalue weighted by Crippen LogP contribution is -2.23. The molecule has 0 aliphatic carbocycles. The van der Waals surface area contributed by atoms with Crippen molar-refractivity contribution < 1.29 is 14.7 Å². The maximum Gasteiger partial charge on any atom is 0.167 e. The minimum atomic E-state index is -0.779. The first kappa shape index (κ1) is 21.3. The molecule has 0 amide bonds. The quantitative estimate of drug-likeness (QED) is 0.574. The Hall–Kier alpha value is -2.37. The van der Waals surface area contributed by atoms with Crippen molar-refractivity contribution >= 4 is 16.7 Å². The Kier molecular flexibility index (Phi) is 5.74. The Morgan fingerprint density at radius 3 is 2.34 bits per heavy atom. The molecule has 0 fully saturated rings. The number of rotatable bonds is 5. The zero-order valence-electron chi connectivity index (χ0n) is 18.2. The van der Waals surface area contributed by atoms with E-state index in [-0.39, 0.29) is 17.4 Å². The number of fused-ring (bicyclic) bond motifs is 1. The summed E-state index contributed by atoms with van der Waals surface area (Å²) in [7, 11) is 0. The lowest BCUT2D eigenvalue weighted by molar-refractivity contribution is 0.105. The molecule has 156 valence electrons. The molecule has 1 aromatic heterocycles. The molecule has 3 rings (SSSR count). The SMILES string of the molecule is CC(C)(C)c1cc(NCC(O)CO)ccc1-c1ccc2c(C(C)(C)C)noc2c1. The molecule has 0 saturated carbocycles. The van der Waals surface area contributed by atoms with Gasteiger partial charge in [0.2, 0.25) is 0 Å². The van der Waals surface area contributed by atoms with Crippen molar-refractivity contribution in [2.75, 3.05) is 18.5 Å². The maximum absolute atomic E-state index is 9.61. The van der Waals surface area contributed by atoms with Gasteiger partial charge in [0.1, 0.15) is 0 Å². The third-order valence-corrected chi connectivity index (χ3v) is 5.07. The van der Waals surface area contributed by atoms with E-state index in [9.17, 15) is 5.11 Å². The van der Waals surface area contributed by atoms with Crippen molar-refractivity contribution in [3.8, 4) is 11.1 Å². The number of benzene rings is 2. The Labute approximate surface area is 172 Å². The molecule has 1 atom stereocenters. The zero-order chi connectivity index (χ0) is 21.4. The molecule has 2 aromatic carbocycles. The average molecular weight is 397 g/mol. The summed E-state index contributed by atoms with van der Waals surface area (Å²) < 4.78 is 5.65. The minimum absolute atomic E-state index is 0.0736. The first-order chi connectivity index (χ1) is 13.5. The molecule has 0 bridgehead atoms. The third-order valence-electron chi connectivity index (χ3n) is 5.07. The van der Waals surface area contributed by atoms with E-state index in [1.165, 1.54) is 5.56 Å². The van der Waals surface area contributed by atoms with Crippen LogP contribution < -0.4 is 5.32 Å². The van der Waals surface area contributed by atoms with Crippen molar-refractivity contribution in [2.24, 2.45) is 0 Å².